The monoisotopic (exact) mass is 203 g/mol. The van der Waals surface area contributed by atoms with E-state index in [2.05, 4.69) is 31.2 Å². The normalized spacial score (nSPS) is 18.5. The van der Waals surface area contributed by atoms with Gasteiger partial charge in [0.2, 0.25) is 0 Å². The molecule has 1 unspecified atom stereocenters. The van der Waals surface area contributed by atoms with E-state index in [4.69, 9.17) is 5.73 Å². The first kappa shape index (κ1) is 10.7. The molecule has 1 aromatic rings. The van der Waals surface area contributed by atoms with E-state index >= 15 is 0 Å². The van der Waals surface area contributed by atoms with E-state index in [1.54, 1.807) is 0 Å². The SMILES string of the molecule is CCc1ccc(C(CN)C2CCC2)cc1. The van der Waals surface area contributed by atoms with Gasteiger partial charge in [0.25, 0.3) is 0 Å². The first-order valence-electron chi connectivity index (χ1n) is 6.14. The lowest BCUT2D eigenvalue weighted by Crippen LogP contribution is -2.26. The zero-order valence-electron chi connectivity index (χ0n) is 9.58. The molecule has 0 spiro atoms. The number of rotatable bonds is 4. The quantitative estimate of drug-likeness (QED) is 0.799. The number of hydrogen-bond acceptors (Lipinski definition) is 1. The smallest absolute Gasteiger partial charge is 0.000556 e. The Hall–Kier alpha value is -0.820. The molecule has 0 amide bonds. The van der Waals surface area contributed by atoms with Gasteiger partial charge in [0, 0.05) is 0 Å². The van der Waals surface area contributed by atoms with Crippen LogP contribution in [0.4, 0.5) is 0 Å². The van der Waals surface area contributed by atoms with Gasteiger partial charge >= 0.3 is 0 Å². The summed E-state index contributed by atoms with van der Waals surface area (Å²) in [5.41, 5.74) is 8.75. The summed E-state index contributed by atoms with van der Waals surface area (Å²) in [6, 6.07) is 9.04. The molecule has 1 aromatic carbocycles. The summed E-state index contributed by atoms with van der Waals surface area (Å²) in [4.78, 5) is 0. The van der Waals surface area contributed by atoms with Crippen LogP contribution < -0.4 is 5.73 Å². The molecule has 0 bridgehead atoms. The Morgan fingerprint density at radius 3 is 2.33 bits per heavy atom. The Bertz CT molecular complexity index is 298. The van der Waals surface area contributed by atoms with Crippen molar-refractivity contribution in [2.24, 2.45) is 11.7 Å². The zero-order chi connectivity index (χ0) is 10.7. The van der Waals surface area contributed by atoms with Gasteiger partial charge < -0.3 is 5.73 Å². The van der Waals surface area contributed by atoms with Crippen LogP contribution in [0.1, 0.15) is 43.2 Å². The molecule has 0 heterocycles. The minimum absolute atomic E-state index is 0.602. The van der Waals surface area contributed by atoms with Crippen LogP contribution in [0.2, 0.25) is 0 Å². The molecule has 1 nitrogen and oxygen atoms in total. The predicted octanol–water partition coefficient (Wildman–Crippen LogP) is 3.09. The van der Waals surface area contributed by atoms with E-state index in [1.165, 1.54) is 30.4 Å². The molecule has 82 valence electrons. The van der Waals surface area contributed by atoms with Gasteiger partial charge in [0.05, 0.1) is 0 Å². The maximum Gasteiger partial charge on any atom is -0.000556 e. The van der Waals surface area contributed by atoms with Crippen molar-refractivity contribution in [3.63, 3.8) is 0 Å². The van der Waals surface area contributed by atoms with Gasteiger partial charge in [-0.1, -0.05) is 37.6 Å². The molecule has 2 N–H and O–H groups in total. The first-order chi connectivity index (χ1) is 7.35. The number of nitrogens with two attached hydrogens (primary N) is 1. The molecule has 1 heteroatoms. The summed E-state index contributed by atoms with van der Waals surface area (Å²) in [5.74, 6) is 1.45. The molecule has 1 atom stereocenters. The third-order valence-corrected chi connectivity index (χ3v) is 3.79. The van der Waals surface area contributed by atoms with Crippen molar-refractivity contribution in [2.75, 3.05) is 6.54 Å². The van der Waals surface area contributed by atoms with Crippen LogP contribution in [0.15, 0.2) is 24.3 Å². The fraction of sp³-hybridized carbons (Fsp3) is 0.571. The standard InChI is InChI=1S/C14H21N/c1-2-11-6-8-13(9-7-11)14(10-15)12-4-3-5-12/h6-9,12,14H,2-5,10,15H2,1H3. The van der Waals surface area contributed by atoms with Gasteiger partial charge in [-0.3, -0.25) is 0 Å². The highest BCUT2D eigenvalue weighted by atomic mass is 14.6. The van der Waals surface area contributed by atoms with Crippen molar-refractivity contribution in [1.82, 2.24) is 0 Å². The van der Waals surface area contributed by atoms with Gasteiger partial charge in [0.1, 0.15) is 0 Å². The van der Waals surface area contributed by atoms with Gasteiger partial charge in [-0.15, -0.1) is 0 Å². The van der Waals surface area contributed by atoms with E-state index in [1.807, 2.05) is 0 Å². The molecule has 1 fully saturated rings. The number of benzene rings is 1. The van der Waals surface area contributed by atoms with E-state index in [0.29, 0.717) is 5.92 Å². The van der Waals surface area contributed by atoms with Crippen molar-refractivity contribution < 1.29 is 0 Å². The van der Waals surface area contributed by atoms with Crippen LogP contribution in [-0.2, 0) is 6.42 Å². The van der Waals surface area contributed by atoms with Crippen LogP contribution in [0.25, 0.3) is 0 Å². The largest absolute Gasteiger partial charge is 0.330 e. The lowest BCUT2D eigenvalue weighted by atomic mass is 9.73. The molecule has 2 rings (SSSR count). The molecule has 0 aliphatic heterocycles. The molecule has 1 saturated carbocycles. The Morgan fingerprint density at radius 2 is 1.93 bits per heavy atom. The molecular weight excluding hydrogens is 182 g/mol. The maximum absolute atomic E-state index is 5.89. The van der Waals surface area contributed by atoms with Crippen LogP contribution >= 0.6 is 0 Å². The van der Waals surface area contributed by atoms with E-state index < -0.39 is 0 Å². The second kappa shape index (κ2) is 4.80. The summed E-state index contributed by atoms with van der Waals surface area (Å²) in [6.07, 6.45) is 5.26. The molecule has 15 heavy (non-hydrogen) atoms. The van der Waals surface area contributed by atoms with Crippen LogP contribution in [0.3, 0.4) is 0 Å². The molecule has 0 aromatic heterocycles. The molecular formula is C14H21N. The fourth-order valence-corrected chi connectivity index (χ4v) is 2.44. The van der Waals surface area contributed by atoms with Crippen molar-refractivity contribution in [3.05, 3.63) is 35.4 Å². The minimum Gasteiger partial charge on any atom is -0.330 e. The van der Waals surface area contributed by atoms with Crippen LogP contribution in [0, 0.1) is 5.92 Å². The highest BCUT2D eigenvalue weighted by Crippen LogP contribution is 2.38. The topological polar surface area (TPSA) is 26.0 Å². The molecule has 1 aliphatic rings. The third kappa shape index (κ3) is 2.23. The number of aryl methyl sites for hydroxylation is 1. The van der Waals surface area contributed by atoms with Crippen LogP contribution in [0.5, 0.6) is 0 Å². The van der Waals surface area contributed by atoms with Gasteiger partial charge in [-0.2, -0.15) is 0 Å². The van der Waals surface area contributed by atoms with Crippen molar-refractivity contribution in [1.29, 1.82) is 0 Å². The second-order valence-corrected chi connectivity index (χ2v) is 4.63. The zero-order valence-corrected chi connectivity index (χ0v) is 9.58. The van der Waals surface area contributed by atoms with Crippen molar-refractivity contribution >= 4 is 0 Å². The third-order valence-electron chi connectivity index (χ3n) is 3.79. The Labute approximate surface area is 92.7 Å². The summed E-state index contributed by atoms with van der Waals surface area (Å²) in [6.45, 7) is 3.00. The Kier molecular flexibility index (Phi) is 3.42. The number of hydrogen-bond donors (Lipinski definition) is 1. The average molecular weight is 203 g/mol. The molecule has 1 aliphatic carbocycles. The summed E-state index contributed by atoms with van der Waals surface area (Å²) >= 11 is 0. The van der Waals surface area contributed by atoms with Crippen molar-refractivity contribution in [2.45, 2.75) is 38.5 Å². The minimum atomic E-state index is 0.602. The summed E-state index contributed by atoms with van der Waals surface area (Å²) in [7, 11) is 0. The van der Waals surface area contributed by atoms with E-state index in [9.17, 15) is 0 Å². The van der Waals surface area contributed by atoms with E-state index in [0.717, 1.165) is 18.9 Å². The summed E-state index contributed by atoms with van der Waals surface area (Å²) < 4.78 is 0. The highest BCUT2D eigenvalue weighted by molar-refractivity contribution is 5.26. The first-order valence-corrected chi connectivity index (χ1v) is 6.14. The van der Waals surface area contributed by atoms with Gasteiger partial charge in [0.15, 0.2) is 0 Å². The fourth-order valence-electron chi connectivity index (χ4n) is 2.44. The maximum atomic E-state index is 5.89. The lowest BCUT2D eigenvalue weighted by molar-refractivity contribution is 0.264. The molecule has 0 radical (unpaired) electrons. The van der Waals surface area contributed by atoms with Crippen molar-refractivity contribution in [3.8, 4) is 0 Å². The van der Waals surface area contributed by atoms with Crippen LogP contribution in [-0.4, -0.2) is 6.54 Å². The van der Waals surface area contributed by atoms with Gasteiger partial charge in [-0.05, 0) is 48.8 Å². The summed E-state index contributed by atoms with van der Waals surface area (Å²) in [5, 5.41) is 0. The molecule has 0 saturated heterocycles. The van der Waals surface area contributed by atoms with Gasteiger partial charge in [-0.25, -0.2) is 0 Å². The average Bonchev–Trinajstić information content (AvgIpc) is 2.23. The lowest BCUT2D eigenvalue weighted by Gasteiger charge is -2.33. The highest BCUT2D eigenvalue weighted by Gasteiger charge is 2.27. The predicted molar refractivity (Wildman–Crippen MR) is 65.0 cm³/mol. The Balaban J connectivity index is 2.11. The Morgan fingerprint density at radius 1 is 1.27 bits per heavy atom. The van der Waals surface area contributed by atoms with E-state index in [-0.39, 0.29) is 0 Å². The second-order valence-electron chi connectivity index (χ2n) is 4.63.